The molecule has 1 heterocycles. The Balaban J connectivity index is 2.56. The quantitative estimate of drug-likeness (QED) is 0.634. The Bertz CT molecular complexity index is 167. The molecule has 0 aromatic carbocycles. The third-order valence-corrected chi connectivity index (χ3v) is 3.29. The average molecular weight is 173 g/mol. The number of hydrogen-bond donors (Lipinski definition) is 0. The molecule has 1 rings (SSSR count). The lowest BCUT2D eigenvalue weighted by Crippen LogP contribution is -2.28. The molecule has 0 aromatic rings. The number of hydrogen-bond acceptors (Lipinski definition) is 3. The van der Waals surface area contributed by atoms with Crippen molar-refractivity contribution >= 4 is 11.8 Å². The van der Waals surface area contributed by atoms with Crippen LogP contribution in [-0.2, 0) is 4.74 Å². The minimum atomic E-state index is 0.546. The van der Waals surface area contributed by atoms with Gasteiger partial charge in [0.15, 0.2) is 5.88 Å². The van der Waals surface area contributed by atoms with Gasteiger partial charge in [-0.3, -0.25) is 0 Å². The van der Waals surface area contributed by atoms with Crippen molar-refractivity contribution in [3.05, 3.63) is 11.3 Å². The van der Waals surface area contributed by atoms with Crippen LogP contribution in [0.4, 0.5) is 0 Å². The van der Waals surface area contributed by atoms with Gasteiger partial charge >= 0.3 is 0 Å². The minimum Gasteiger partial charge on any atom is -0.482 e. The highest BCUT2D eigenvalue weighted by Gasteiger charge is 2.26. The zero-order valence-corrected chi connectivity index (χ0v) is 8.31. The van der Waals surface area contributed by atoms with Gasteiger partial charge in [-0.1, -0.05) is 13.8 Å². The minimum absolute atomic E-state index is 0.546. The van der Waals surface area contributed by atoms with Gasteiger partial charge in [0.2, 0.25) is 0 Å². The van der Waals surface area contributed by atoms with E-state index in [1.165, 1.54) is 0 Å². The van der Waals surface area contributed by atoms with Gasteiger partial charge in [-0.15, -0.1) is 11.8 Å². The molecular weight excluding hydrogens is 158 g/mol. The van der Waals surface area contributed by atoms with Gasteiger partial charge in [-0.2, -0.15) is 0 Å². The summed E-state index contributed by atoms with van der Waals surface area (Å²) in [6.07, 6.45) is 0. The molecular formula is C8H15NOS. The second kappa shape index (κ2) is 3.39. The van der Waals surface area contributed by atoms with E-state index < -0.39 is 0 Å². The Kier molecular flexibility index (Phi) is 2.71. The van der Waals surface area contributed by atoms with Crippen molar-refractivity contribution in [2.75, 3.05) is 14.2 Å². The Hall–Kier alpha value is -0.310. The lowest BCUT2D eigenvalue weighted by atomic mass is 10.2. The molecule has 0 N–H and O–H groups in total. The van der Waals surface area contributed by atoms with Gasteiger partial charge < -0.3 is 9.64 Å². The van der Waals surface area contributed by atoms with Gasteiger partial charge in [-0.05, 0) is 5.92 Å². The van der Waals surface area contributed by atoms with Crippen LogP contribution in [0.5, 0.6) is 0 Å². The number of nitrogens with zero attached hydrogens (tertiary/aromatic N) is 1. The molecule has 0 aliphatic carbocycles. The maximum atomic E-state index is 5.17. The van der Waals surface area contributed by atoms with Crippen LogP contribution in [-0.4, -0.2) is 24.4 Å². The third kappa shape index (κ3) is 1.64. The fourth-order valence-corrected chi connectivity index (χ4v) is 2.34. The predicted molar refractivity (Wildman–Crippen MR) is 49.1 cm³/mol. The average Bonchev–Trinajstić information content (AvgIpc) is 2.30. The van der Waals surface area contributed by atoms with E-state index in [2.05, 4.69) is 31.2 Å². The van der Waals surface area contributed by atoms with Gasteiger partial charge in [0.25, 0.3) is 0 Å². The molecule has 1 unspecified atom stereocenters. The first kappa shape index (κ1) is 8.78. The highest BCUT2D eigenvalue weighted by molar-refractivity contribution is 8.02. The monoisotopic (exact) mass is 173 g/mol. The number of rotatable bonds is 2. The summed E-state index contributed by atoms with van der Waals surface area (Å²) in [6.45, 7) is 4.45. The van der Waals surface area contributed by atoms with E-state index >= 15 is 0 Å². The maximum absolute atomic E-state index is 5.17. The molecule has 0 bridgehead atoms. The van der Waals surface area contributed by atoms with Crippen LogP contribution in [0.15, 0.2) is 11.3 Å². The highest BCUT2D eigenvalue weighted by Crippen LogP contribution is 2.33. The summed E-state index contributed by atoms with van der Waals surface area (Å²) in [5, 5.41) is 2.62. The van der Waals surface area contributed by atoms with Crippen molar-refractivity contribution < 1.29 is 4.74 Å². The molecule has 0 fully saturated rings. The molecule has 1 atom stereocenters. The summed E-state index contributed by atoms with van der Waals surface area (Å²) in [7, 11) is 3.78. The van der Waals surface area contributed by atoms with Crippen molar-refractivity contribution in [3.63, 3.8) is 0 Å². The molecule has 11 heavy (non-hydrogen) atoms. The van der Waals surface area contributed by atoms with Crippen LogP contribution in [0.3, 0.4) is 0 Å². The normalized spacial score (nSPS) is 24.3. The highest BCUT2D eigenvalue weighted by atomic mass is 32.2. The molecule has 0 radical (unpaired) electrons. The number of methoxy groups -OCH3 is 1. The van der Waals surface area contributed by atoms with Crippen molar-refractivity contribution in [1.29, 1.82) is 0 Å². The fourth-order valence-electron chi connectivity index (χ4n) is 1.22. The summed E-state index contributed by atoms with van der Waals surface area (Å²) in [4.78, 5) is 2.18. The van der Waals surface area contributed by atoms with Crippen LogP contribution >= 0.6 is 11.8 Å². The fraction of sp³-hybridized carbons (Fsp3) is 0.750. The molecule has 0 saturated carbocycles. The van der Waals surface area contributed by atoms with Gasteiger partial charge in [-0.25, -0.2) is 0 Å². The second-order valence-electron chi connectivity index (χ2n) is 3.04. The Morgan fingerprint density at radius 3 is 2.55 bits per heavy atom. The largest absolute Gasteiger partial charge is 0.482 e. The van der Waals surface area contributed by atoms with Gasteiger partial charge in [0, 0.05) is 12.5 Å². The van der Waals surface area contributed by atoms with Crippen molar-refractivity contribution in [2.24, 2.45) is 5.92 Å². The molecule has 0 spiro atoms. The first-order valence-electron chi connectivity index (χ1n) is 3.79. The van der Waals surface area contributed by atoms with Crippen LogP contribution in [0, 0.1) is 5.92 Å². The molecule has 0 amide bonds. The number of ether oxygens (including phenoxy) is 1. The molecule has 0 aromatic heterocycles. The lowest BCUT2D eigenvalue weighted by Gasteiger charge is -2.25. The molecule has 3 heteroatoms. The Morgan fingerprint density at radius 2 is 2.27 bits per heavy atom. The van der Waals surface area contributed by atoms with E-state index in [1.807, 2.05) is 11.8 Å². The summed E-state index contributed by atoms with van der Waals surface area (Å²) in [6, 6.07) is 0. The molecule has 1 aliphatic rings. The molecule has 1 aliphatic heterocycles. The molecule has 2 nitrogen and oxygen atoms in total. The van der Waals surface area contributed by atoms with E-state index in [4.69, 9.17) is 4.74 Å². The first-order valence-corrected chi connectivity index (χ1v) is 4.73. The van der Waals surface area contributed by atoms with Crippen LogP contribution in [0.2, 0.25) is 0 Å². The van der Waals surface area contributed by atoms with Crippen molar-refractivity contribution in [1.82, 2.24) is 4.90 Å². The van der Waals surface area contributed by atoms with Crippen molar-refractivity contribution in [2.45, 2.75) is 19.2 Å². The van der Waals surface area contributed by atoms with E-state index in [-0.39, 0.29) is 0 Å². The summed E-state index contributed by atoms with van der Waals surface area (Å²) in [5.41, 5.74) is 0. The third-order valence-electron chi connectivity index (χ3n) is 1.82. The molecule has 0 saturated heterocycles. The predicted octanol–water partition coefficient (Wildman–Crippen LogP) is 2.09. The van der Waals surface area contributed by atoms with Gasteiger partial charge in [0.05, 0.1) is 12.5 Å². The summed E-state index contributed by atoms with van der Waals surface area (Å²) in [5.74, 6) is 1.64. The topological polar surface area (TPSA) is 12.5 Å². The summed E-state index contributed by atoms with van der Waals surface area (Å²) >= 11 is 1.83. The maximum Gasteiger partial charge on any atom is 0.196 e. The van der Waals surface area contributed by atoms with E-state index in [0.29, 0.717) is 11.3 Å². The summed E-state index contributed by atoms with van der Waals surface area (Å²) < 4.78 is 5.17. The number of thioether (sulfide) groups is 1. The van der Waals surface area contributed by atoms with Crippen molar-refractivity contribution in [3.8, 4) is 0 Å². The first-order chi connectivity index (χ1) is 5.16. The van der Waals surface area contributed by atoms with Crippen LogP contribution < -0.4 is 0 Å². The Labute approximate surface area is 72.6 Å². The van der Waals surface area contributed by atoms with Gasteiger partial charge in [0.1, 0.15) is 0 Å². The lowest BCUT2D eigenvalue weighted by molar-refractivity contribution is 0.160. The molecule has 64 valence electrons. The zero-order valence-electron chi connectivity index (χ0n) is 7.50. The van der Waals surface area contributed by atoms with Crippen LogP contribution in [0.25, 0.3) is 0 Å². The van der Waals surface area contributed by atoms with E-state index in [0.717, 1.165) is 5.88 Å². The standard InChI is InChI=1S/C8H15NOS/c1-6(2)8-9(3)7(10-4)5-11-8/h5-6,8H,1-4H3. The SMILES string of the molecule is COC1=CSC(C(C)C)N1C. The zero-order chi connectivity index (χ0) is 8.43. The van der Waals surface area contributed by atoms with Crippen LogP contribution in [0.1, 0.15) is 13.8 Å². The Morgan fingerprint density at radius 1 is 1.64 bits per heavy atom. The van der Waals surface area contributed by atoms with E-state index in [1.54, 1.807) is 7.11 Å². The second-order valence-corrected chi connectivity index (χ2v) is 4.03. The smallest absolute Gasteiger partial charge is 0.196 e. The van der Waals surface area contributed by atoms with E-state index in [9.17, 15) is 0 Å².